The average Bonchev–Trinajstić information content (AvgIpc) is 3.64. The molecule has 1 saturated carbocycles. The van der Waals surface area contributed by atoms with Gasteiger partial charge in [-0.15, -0.1) is 0 Å². The molecule has 0 radical (unpaired) electrons. The number of aryl methyl sites for hydroxylation is 2. The minimum Gasteiger partial charge on any atom is -0.462 e. The van der Waals surface area contributed by atoms with Crippen LogP contribution in [0.1, 0.15) is 62.3 Å². The van der Waals surface area contributed by atoms with Gasteiger partial charge in [0.15, 0.2) is 5.82 Å². The molecule has 4 heterocycles. The second kappa shape index (κ2) is 11.4. The van der Waals surface area contributed by atoms with Crippen LogP contribution in [0.5, 0.6) is 6.01 Å². The predicted octanol–water partition coefficient (Wildman–Crippen LogP) is 5.89. The number of piperazine rings is 1. The fourth-order valence-electron chi connectivity index (χ4n) is 7.34. The SMILES string of the molecule is C=CC(=O)N1C[C@H](C)N(c2nc(OC[C@H]3CCCN3C)nc3c(F)c(-c4c(C)ccc5n[nH]c(C6CC6)c45)c(C)cc23)C[C@H]1C. The number of hydrogen-bond donors (Lipinski definition) is 1. The van der Waals surface area contributed by atoms with Crippen LogP contribution in [-0.2, 0) is 4.79 Å². The largest absolute Gasteiger partial charge is 0.462 e. The van der Waals surface area contributed by atoms with E-state index in [0.29, 0.717) is 42.4 Å². The molecule has 0 unspecified atom stereocenters. The zero-order valence-electron chi connectivity index (χ0n) is 26.9. The van der Waals surface area contributed by atoms with Gasteiger partial charge in [0.1, 0.15) is 17.9 Å². The summed E-state index contributed by atoms with van der Waals surface area (Å²) in [6, 6.07) is 6.34. The molecule has 2 saturated heterocycles. The maximum Gasteiger partial charge on any atom is 0.319 e. The number of likely N-dealkylation sites (tertiary alicyclic amines) is 1. The van der Waals surface area contributed by atoms with Crippen molar-refractivity contribution in [3.05, 3.63) is 53.5 Å². The Kier molecular flexibility index (Phi) is 7.50. The van der Waals surface area contributed by atoms with Crippen molar-refractivity contribution in [2.24, 2.45) is 0 Å². The van der Waals surface area contributed by atoms with E-state index in [1.54, 1.807) is 0 Å². The summed E-state index contributed by atoms with van der Waals surface area (Å²) in [7, 11) is 2.10. The highest BCUT2D eigenvalue weighted by Crippen LogP contribution is 2.47. The fraction of sp³-hybridized carbons (Fsp3) is 0.486. The molecule has 3 atom stereocenters. The highest BCUT2D eigenvalue weighted by Gasteiger charge is 2.35. The van der Waals surface area contributed by atoms with E-state index >= 15 is 4.39 Å². The number of hydrogen-bond acceptors (Lipinski definition) is 7. The van der Waals surface area contributed by atoms with Gasteiger partial charge < -0.3 is 19.4 Å². The monoisotopic (exact) mass is 611 g/mol. The second-order valence-corrected chi connectivity index (χ2v) is 13.3. The van der Waals surface area contributed by atoms with Crippen molar-refractivity contribution in [1.29, 1.82) is 0 Å². The molecule has 3 aliphatic rings. The number of aromatic nitrogens is 4. The Morgan fingerprint density at radius 3 is 2.62 bits per heavy atom. The molecular weight excluding hydrogens is 569 g/mol. The number of rotatable bonds is 7. The minimum absolute atomic E-state index is 0.0666. The van der Waals surface area contributed by atoms with E-state index in [-0.39, 0.29) is 41.4 Å². The van der Waals surface area contributed by atoms with Gasteiger partial charge in [0.25, 0.3) is 0 Å². The van der Waals surface area contributed by atoms with E-state index in [0.717, 1.165) is 65.5 Å². The third kappa shape index (κ3) is 5.13. The summed E-state index contributed by atoms with van der Waals surface area (Å²) in [6.07, 6.45) is 5.75. The third-order valence-corrected chi connectivity index (χ3v) is 10.1. The average molecular weight is 612 g/mol. The molecule has 2 aromatic carbocycles. The van der Waals surface area contributed by atoms with Crippen molar-refractivity contribution >= 4 is 33.5 Å². The van der Waals surface area contributed by atoms with Crippen LogP contribution in [0.4, 0.5) is 10.2 Å². The van der Waals surface area contributed by atoms with Crippen LogP contribution in [0.15, 0.2) is 30.9 Å². The molecule has 4 aromatic rings. The lowest BCUT2D eigenvalue weighted by molar-refractivity contribution is -0.128. The Bertz CT molecular complexity index is 1820. The van der Waals surface area contributed by atoms with Crippen LogP contribution in [0.2, 0.25) is 0 Å². The van der Waals surface area contributed by atoms with Crippen molar-refractivity contribution in [2.75, 3.05) is 38.2 Å². The molecule has 45 heavy (non-hydrogen) atoms. The Balaban J connectivity index is 1.39. The first-order valence-corrected chi connectivity index (χ1v) is 16.2. The molecule has 9 nitrogen and oxygen atoms in total. The van der Waals surface area contributed by atoms with Gasteiger partial charge in [-0.25, -0.2) is 4.39 Å². The maximum absolute atomic E-state index is 17.2. The van der Waals surface area contributed by atoms with Gasteiger partial charge in [0, 0.05) is 59.2 Å². The maximum atomic E-state index is 17.2. The van der Waals surface area contributed by atoms with E-state index in [1.165, 1.54) is 6.08 Å². The molecular formula is C35H42FN7O2. The lowest BCUT2D eigenvalue weighted by Crippen LogP contribution is -2.58. The van der Waals surface area contributed by atoms with Gasteiger partial charge in [-0.2, -0.15) is 15.1 Å². The molecule has 0 bridgehead atoms. The number of anilines is 1. The third-order valence-electron chi connectivity index (χ3n) is 10.1. The Labute approximate surface area is 263 Å². The second-order valence-electron chi connectivity index (χ2n) is 13.3. The molecule has 10 heteroatoms. The summed E-state index contributed by atoms with van der Waals surface area (Å²) >= 11 is 0. The summed E-state index contributed by atoms with van der Waals surface area (Å²) in [4.78, 5) is 28.6. The molecule has 1 N–H and O–H groups in total. The quantitative estimate of drug-likeness (QED) is 0.261. The van der Waals surface area contributed by atoms with Gasteiger partial charge in [-0.3, -0.25) is 9.89 Å². The Morgan fingerprint density at radius 2 is 1.91 bits per heavy atom. The van der Waals surface area contributed by atoms with Crippen LogP contribution < -0.4 is 9.64 Å². The predicted molar refractivity (Wildman–Crippen MR) is 175 cm³/mol. The van der Waals surface area contributed by atoms with Crippen molar-refractivity contribution < 1.29 is 13.9 Å². The van der Waals surface area contributed by atoms with Crippen LogP contribution in [-0.4, -0.2) is 87.3 Å². The van der Waals surface area contributed by atoms with Crippen molar-refractivity contribution in [2.45, 2.75) is 77.4 Å². The smallest absolute Gasteiger partial charge is 0.319 e. The topological polar surface area (TPSA) is 90.5 Å². The van der Waals surface area contributed by atoms with Gasteiger partial charge in [0.05, 0.1) is 5.52 Å². The van der Waals surface area contributed by atoms with Crippen molar-refractivity contribution in [3.8, 4) is 17.1 Å². The number of nitrogens with zero attached hydrogens (tertiary/aromatic N) is 6. The van der Waals surface area contributed by atoms with E-state index in [4.69, 9.17) is 14.7 Å². The van der Waals surface area contributed by atoms with E-state index in [2.05, 4.69) is 40.5 Å². The number of ether oxygens (including phenoxy) is 1. The lowest BCUT2D eigenvalue weighted by atomic mass is 9.90. The number of amides is 1. The fourth-order valence-corrected chi connectivity index (χ4v) is 7.34. The lowest BCUT2D eigenvalue weighted by Gasteiger charge is -2.44. The molecule has 0 spiro atoms. The van der Waals surface area contributed by atoms with Gasteiger partial charge in [0.2, 0.25) is 5.91 Å². The van der Waals surface area contributed by atoms with Crippen molar-refractivity contribution in [1.82, 2.24) is 30.0 Å². The number of carbonyl (C=O) groups is 1. The number of benzene rings is 2. The summed E-state index contributed by atoms with van der Waals surface area (Å²) in [5.74, 6) is 0.589. The molecule has 3 fully saturated rings. The molecule has 2 aliphatic heterocycles. The first kappa shape index (κ1) is 29.6. The van der Waals surface area contributed by atoms with Crippen LogP contribution in [0.3, 0.4) is 0 Å². The van der Waals surface area contributed by atoms with Crippen LogP contribution in [0.25, 0.3) is 32.9 Å². The van der Waals surface area contributed by atoms with Crippen LogP contribution in [0, 0.1) is 19.7 Å². The minimum atomic E-state index is -0.379. The number of likely N-dealkylation sites (N-methyl/N-ethyl adjacent to an activating group) is 1. The zero-order chi connectivity index (χ0) is 31.6. The standard InChI is InChI=1S/C35H42FN7O2/c1-7-27(44)42-16-22(5)43(17-21(42)4)34-25-15-20(3)29(28-19(2)10-13-26-30(28)32(40-39-26)23-11-12-23)31(36)33(25)37-35(38-34)45-18-24-9-8-14-41(24)6/h7,10,13,15,21-24H,1,8-9,11-12,14,16-18H2,2-6H3,(H,39,40)/t21-,22+,24-/m1/s1. The zero-order valence-corrected chi connectivity index (χ0v) is 26.9. The molecule has 2 aromatic heterocycles. The Morgan fingerprint density at radius 1 is 1.11 bits per heavy atom. The van der Waals surface area contributed by atoms with Gasteiger partial charge >= 0.3 is 6.01 Å². The number of aromatic amines is 1. The molecule has 1 amide bonds. The highest BCUT2D eigenvalue weighted by atomic mass is 19.1. The molecule has 236 valence electrons. The van der Waals surface area contributed by atoms with Crippen LogP contribution >= 0.6 is 0 Å². The molecule has 7 rings (SSSR count). The number of fused-ring (bicyclic) bond motifs is 2. The number of H-pyrrole nitrogens is 1. The van der Waals surface area contributed by atoms with Gasteiger partial charge in [-0.1, -0.05) is 12.6 Å². The molecule has 1 aliphatic carbocycles. The summed E-state index contributed by atoms with van der Waals surface area (Å²) < 4.78 is 23.5. The number of halogens is 1. The van der Waals surface area contributed by atoms with E-state index in [1.807, 2.05) is 43.9 Å². The highest BCUT2D eigenvalue weighted by molar-refractivity contribution is 6.03. The first-order chi connectivity index (χ1) is 21.7. The van der Waals surface area contributed by atoms with E-state index < -0.39 is 0 Å². The number of nitrogens with one attached hydrogen (secondary N) is 1. The normalized spacial score (nSPS) is 22.5. The summed E-state index contributed by atoms with van der Waals surface area (Å²) in [5, 5.41) is 9.49. The first-order valence-electron chi connectivity index (χ1n) is 16.2. The summed E-state index contributed by atoms with van der Waals surface area (Å²) in [5.41, 5.74) is 5.40. The number of carbonyl (C=O) groups excluding carboxylic acids is 1. The van der Waals surface area contributed by atoms with Crippen molar-refractivity contribution in [3.63, 3.8) is 0 Å². The van der Waals surface area contributed by atoms with Gasteiger partial charge in [-0.05, 0) is 102 Å². The van der Waals surface area contributed by atoms with E-state index in [9.17, 15) is 4.79 Å². The Hall–Kier alpha value is -4.05. The summed E-state index contributed by atoms with van der Waals surface area (Å²) in [6.45, 7) is 14.3.